The van der Waals surface area contributed by atoms with Gasteiger partial charge in [0.25, 0.3) is 0 Å². The molecule has 1 fully saturated rings. The molecule has 1 aliphatic heterocycles. The molecule has 122 valence electrons. The van der Waals surface area contributed by atoms with Crippen molar-refractivity contribution >= 4 is 5.91 Å². The fourth-order valence-corrected chi connectivity index (χ4v) is 2.86. The Bertz CT molecular complexity index is 496. The number of amides is 1. The number of nitrogens with one attached hydrogen (secondary N) is 1. The number of nitrogens with zero attached hydrogens (tertiary/aromatic N) is 1. The van der Waals surface area contributed by atoms with E-state index in [1.807, 2.05) is 17.0 Å². The first kappa shape index (κ1) is 16.8. The molecule has 1 aliphatic rings. The Balaban J connectivity index is 1.83. The van der Waals surface area contributed by atoms with E-state index in [0.717, 1.165) is 38.2 Å². The van der Waals surface area contributed by atoms with Crippen molar-refractivity contribution in [2.75, 3.05) is 26.2 Å². The van der Waals surface area contributed by atoms with Gasteiger partial charge in [-0.3, -0.25) is 4.79 Å². The highest BCUT2D eigenvalue weighted by Crippen LogP contribution is 2.17. The van der Waals surface area contributed by atoms with E-state index >= 15 is 0 Å². The van der Waals surface area contributed by atoms with Crippen molar-refractivity contribution in [3.8, 4) is 5.75 Å². The van der Waals surface area contributed by atoms with E-state index in [1.165, 1.54) is 11.1 Å². The maximum atomic E-state index is 12.4. The summed E-state index contributed by atoms with van der Waals surface area (Å²) in [7, 11) is 0. The summed E-state index contributed by atoms with van der Waals surface area (Å²) in [6.45, 7) is 9.50. The third-order valence-corrected chi connectivity index (χ3v) is 4.32. The number of hydrogen-bond acceptors (Lipinski definition) is 3. The van der Waals surface area contributed by atoms with Crippen molar-refractivity contribution in [2.45, 2.75) is 46.1 Å². The first-order chi connectivity index (χ1) is 10.6. The maximum Gasteiger partial charge on any atom is 0.226 e. The van der Waals surface area contributed by atoms with Gasteiger partial charge in [-0.05, 0) is 56.5 Å². The fraction of sp³-hybridized carbons (Fsp3) is 0.611. The minimum atomic E-state index is 0.208. The molecule has 1 saturated heterocycles. The standard InChI is InChI=1S/C18H28N2O2/c1-4-10-20(16-7-9-19-13-16)18(21)8-11-22-17-6-5-14(2)15(3)12-17/h5-6,12,16,19H,4,7-11,13H2,1-3H3. The minimum Gasteiger partial charge on any atom is -0.493 e. The van der Waals surface area contributed by atoms with Crippen LogP contribution in [0.3, 0.4) is 0 Å². The van der Waals surface area contributed by atoms with Crippen LogP contribution in [0.2, 0.25) is 0 Å². The van der Waals surface area contributed by atoms with Crippen LogP contribution in [0.15, 0.2) is 18.2 Å². The molecule has 1 N–H and O–H groups in total. The Kier molecular flexibility index (Phi) is 6.25. The number of carbonyl (C=O) groups is 1. The van der Waals surface area contributed by atoms with Crippen LogP contribution in [0, 0.1) is 13.8 Å². The van der Waals surface area contributed by atoms with Crippen molar-refractivity contribution in [1.29, 1.82) is 0 Å². The zero-order chi connectivity index (χ0) is 15.9. The van der Waals surface area contributed by atoms with Crippen LogP contribution in [0.1, 0.15) is 37.3 Å². The lowest BCUT2D eigenvalue weighted by atomic mass is 10.1. The molecule has 1 aromatic carbocycles. The van der Waals surface area contributed by atoms with Gasteiger partial charge in [-0.1, -0.05) is 13.0 Å². The third-order valence-electron chi connectivity index (χ3n) is 4.32. The lowest BCUT2D eigenvalue weighted by molar-refractivity contribution is -0.133. The van der Waals surface area contributed by atoms with Gasteiger partial charge in [-0.25, -0.2) is 0 Å². The molecule has 0 aromatic heterocycles. The monoisotopic (exact) mass is 304 g/mol. The molecular formula is C18H28N2O2. The van der Waals surface area contributed by atoms with Crippen LogP contribution in [-0.2, 0) is 4.79 Å². The minimum absolute atomic E-state index is 0.208. The van der Waals surface area contributed by atoms with Gasteiger partial charge in [0.05, 0.1) is 13.0 Å². The van der Waals surface area contributed by atoms with E-state index < -0.39 is 0 Å². The summed E-state index contributed by atoms with van der Waals surface area (Å²) in [5.41, 5.74) is 2.47. The fourth-order valence-electron chi connectivity index (χ4n) is 2.86. The molecule has 0 radical (unpaired) electrons. The predicted molar refractivity (Wildman–Crippen MR) is 89.3 cm³/mol. The molecule has 4 nitrogen and oxygen atoms in total. The van der Waals surface area contributed by atoms with Crippen molar-refractivity contribution < 1.29 is 9.53 Å². The molecule has 1 aromatic rings. The van der Waals surface area contributed by atoms with Crippen molar-refractivity contribution in [3.63, 3.8) is 0 Å². The maximum absolute atomic E-state index is 12.4. The summed E-state index contributed by atoms with van der Waals surface area (Å²) in [6, 6.07) is 6.41. The van der Waals surface area contributed by atoms with E-state index in [0.29, 0.717) is 19.1 Å². The third kappa shape index (κ3) is 4.47. The smallest absolute Gasteiger partial charge is 0.226 e. The summed E-state index contributed by atoms with van der Waals surface area (Å²) >= 11 is 0. The Morgan fingerprint density at radius 3 is 2.82 bits per heavy atom. The SMILES string of the molecule is CCCN(C(=O)CCOc1ccc(C)c(C)c1)C1CCNC1. The molecule has 0 aliphatic carbocycles. The largest absolute Gasteiger partial charge is 0.493 e. The Hall–Kier alpha value is -1.55. The topological polar surface area (TPSA) is 41.6 Å². The average molecular weight is 304 g/mol. The number of hydrogen-bond donors (Lipinski definition) is 1. The Morgan fingerprint density at radius 2 is 2.18 bits per heavy atom. The van der Waals surface area contributed by atoms with Crippen LogP contribution in [0.4, 0.5) is 0 Å². The van der Waals surface area contributed by atoms with Crippen molar-refractivity contribution in [2.24, 2.45) is 0 Å². The highest BCUT2D eigenvalue weighted by molar-refractivity contribution is 5.76. The molecule has 1 atom stereocenters. The normalized spacial score (nSPS) is 17.5. The van der Waals surface area contributed by atoms with Crippen molar-refractivity contribution in [3.05, 3.63) is 29.3 Å². The number of aryl methyl sites for hydroxylation is 2. The number of ether oxygens (including phenoxy) is 1. The highest BCUT2D eigenvalue weighted by atomic mass is 16.5. The molecule has 1 unspecified atom stereocenters. The molecule has 2 rings (SSSR count). The van der Waals surface area contributed by atoms with E-state index in [1.54, 1.807) is 0 Å². The van der Waals surface area contributed by atoms with Crippen LogP contribution in [0.25, 0.3) is 0 Å². The lowest BCUT2D eigenvalue weighted by Gasteiger charge is -2.28. The van der Waals surface area contributed by atoms with Crippen molar-refractivity contribution in [1.82, 2.24) is 10.2 Å². The quantitative estimate of drug-likeness (QED) is 0.842. The van der Waals surface area contributed by atoms with Gasteiger partial charge >= 0.3 is 0 Å². The first-order valence-electron chi connectivity index (χ1n) is 8.32. The Labute approximate surface area is 133 Å². The van der Waals surface area contributed by atoms with Gasteiger partial charge < -0.3 is 15.0 Å². The van der Waals surface area contributed by atoms with Crippen LogP contribution in [0.5, 0.6) is 5.75 Å². The van der Waals surface area contributed by atoms with E-state index in [4.69, 9.17) is 4.74 Å². The second kappa shape index (κ2) is 8.18. The number of carbonyl (C=O) groups excluding carboxylic acids is 1. The zero-order valence-electron chi connectivity index (χ0n) is 14.0. The average Bonchev–Trinajstić information content (AvgIpc) is 3.02. The molecule has 1 amide bonds. The summed E-state index contributed by atoms with van der Waals surface area (Å²) in [6.07, 6.45) is 2.51. The van der Waals surface area contributed by atoms with Gasteiger partial charge in [0.15, 0.2) is 0 Å². The first-order valence-corrected chi connectivity index (χ1v) is 8.32. The molecule has 0 bridgehead atoms. The number of benzene rings is 1. The molecular weight excluding hydrogens is 276 g/mol. The number of rotatable bonds is 7. The molecule has 0 spiro atoms. The highest BCUT2D eigenvalue weighted by Gasteiger charge is 2.25. The predicted octanol–water partition coefficient (Wildman–Crippen LogP) is 2.67. The van der Waals surface area contributed by atoms with E-state index in [2.05, 4.69) is 32.2 Å². The molecule has 22 heavy (non-hydrogen) atoms. The van der Waals surface area contributed by atoms with Crippen LogP contribution >= 0.6 is 0 Å². The molecule has 4 heteroatoms. The Morgan fingerprint density at radius 1 is 1.36 bits per heavy atom. The van der Waals surface area contributed by atoms with Gasteiger partial charge in [-0.15, -0.1) is 0 Å². The van der Waals surface area contributed by atoms with Gasteiger partial charge in [0.1, 0.15) is 5.75 Å². The summed E-state index contributed by atoms with van der Waals surface area (Å²) in [5, 5.41) is 3.33. The van der Waals surface area contributed by atoms with Gasteiger partial charge in [0, 0.05) is 19.1 Å². The van der Waals surface area contributed by atoms with Crippen LogP contribution < -0.4 is 10.1 Å². The van der Waals surface area contributed by atoms with Gasteiger partial charge in [-0.2, -0.15) is 0 Å². The molecule has 0 saturated carbocycles. The zero-order valence-corrected chi connectivity index (χ0v) is 14.0. The molecule has 1 heterocycles. The van der Waals surface area contributed by atoms with Crippen LogP contribution in [-0.4, -0.2) is 43.1 Å². The van der Waals surface area contributed by atoms with E-state index in [9.17, 15) is 4.79 Å². The second-order valence-electron chi connectivity index (χ2n) is 6.08. The summed E-state index contributed by atoms with van der Waals surface area (Å²) in [5.74, 6) is 1.06. The van der Waals surface area contributed by atoms with E-state index in [-0.39, 0.29) is 5.91 Å². The summed E-state index contributed by atoms with van der Waals surface area (Å²) in [4.78, 5) is 14.5. The second-order valence-corrected chi connectivity index (χ2v) is 6.08. The summed E-state index contributed by atoms with van der Waals surface area (Å²) < 4.78 is 5.74. The lowest BCUT2D eigenvalue weighted by Crippen LogP contribution is -2.42. The van der Waals surface area contributed by atoms with Gasteiger partial charge in [0.2, 0.25) is 5.91 Å².